The zero-order chi connectivity index (χ0) is 12.1. The zero-order valence-electron chi connectivity index (χ0n) is 10.8. The van der Waals surface area contributed by atoms with E-state index in [9.17, 15) is 0 Å². The lowest BCUT2D eigenvalue weighted by Crippen LogP contribution is -1.98. The smallest absolute Gasteiger partial charge is 0.164 e. The van der Waals surface area contributed by atoms with Crippen molar-refractivity contribution in [3.05, 3.63) is 34.9 Å². The van der Waals surface area contributed by atoms with E-state index >= 15 is 0 Å². The van der Waals surface area contributed by atoms with Crippen molar-refractivity contribution in [1.82, 2.24) is 0 Å². The van der Waals surface area contributed by atoms with Gasteiger partial charge in [0.15, 0.2) is 11.5 Å². The Balaban J connectivity index is 3.18. The number of benzene rings is 1. The molecular weight excluding hydrogens is 200 g/mol. The van der Waals surface area contributed by atoms with E-state index in [2.05, 4.69) is 32.9 Å². The summed E-state index contributed by atoms with van der Waals surface area (Å²) in [5.74, 6) is 1.64. The first-order valence-electron chi connectivity index (χ1n) is 5.44. The van der Waals surface area contributed by atoms with Crippen LogP contribution in [0.15, 0.2) is 23.8 Å². The molecule has 0 aliphatic carbocycles. The average Bonchev–Trinajstić information content (AvgIpc) is 2.26. The molecule has 0 fully saturated rings. The van der Waals surface area contributed by atoms with Crippen LogP contribution in [-0.2, 0) is 6.42 Å². The van der Waals surface area contributed by atoms with Crippen LogP contribution in [0, 0.1) is 6.92 Å². The standard InChI is InChI=1S/C14H20O2/c1-10(2)6-8-12-11(3)7-9-13(15-4)14(12)16-5/h6-7,9H,8H2,1-5H3. The molecule has 1 rings (SSSR count). The minimum atomic E-state index is 0.797. The fourth-order valence-electron chi connectivity index (χ4n) is 1.65. The topological polar surface area (TPSA) is 18.5 Å². The molecule has 0 heterocycles. The zero-order valence-corrected chi connectivity index (χ0v) is 10.8. The fraction of sp³-hybridized carbons (Fsp3) is 0.429. The second-order valence-electron chi connectivity index (χ2n) is 4.08. The SMILES string of the molecule is COc1ccc(C)c(CC=C(C)C)c1OC. The Labute approximate surface area is 97.9 Å². The molecule has 16 heavy (non-hydrogen) atoms. The van der Waals surface area contributed by atoms with Crippen molar-refractivity contribution < 1.29 is 9.47 Å². The predicted molar refractivity (Wildman–Crippen MR) is 67.4 cm³/mol. The second-order valence-corrected chi connectivity index (χ2v) is 4.08. The number of rotatable bonds is 4. The molecule has 0 aromatic heterocycles. The average molecular weight is 220 g/mol. The number of hydrogen-bond donors (Lipinski definition) is 0. The van der Waals surface area contributed by atoms with Crippen LogP contribution < -0.4 is 9.47 Å². The van der Waals surface area contributed by atoms with Crippen molar-refractivity contribution >= 4 is 0 Å². The summed E-state index contributed by atoms with van der Waals surface area (Å²) in [5, 5.41) is 0. The van der Waals surface area contributed by atoms with Crippen molar-refractivity contribution in [1.29, 1.82) is 0 Å². The van der Waals surface area contributed by atoms with Gasteiger partial charge in [0, 0.05) is 5.56 Å². The van der Waals surface area contributed by atoms with Gasteiger partial charge in [0.25, 0.3) is 0 Å². The summed E-state index contributed by atoms with van der Waals surface area (Å²) in [6.45, 7) is 6.29. The Kier molecular flexibility index (Phi) is 4.41. The summed E-state index contributed by atoms with van der Waals surface area (Å²) in [6.07, 6.45) is 3.08. The van der Waals surface area contributed by atoms with Crippen LogP contribution in [0.25, 0.3) is 0 Å². The van der Waals surface area contributed by atoms with Gasteiger partial charge < -0.3 is 9.47 Å². The van der Waals surface area contributed by atoms with E-state index in [1.54, 1.807) is 14.2 Å². The fourth-order valence-corrected chi connectivity index (χ4v) is 1.65. The lowest BCUT2D eigenvalue weighted by molar-refractivity contribution is 0.352. The number of hydrogen-bond acceptors (Lipinski definition) is 2. The monoisotopic (exact) mass is 220 g/mol. The van der Waals surface area contributed by atoms with Crippen LogP contribution in [0.4, 0.5) is 0 Å². The molecule has 0 N–H and O–H groups in total. The highest BCUT2D eigenvalue weighted by molar-refractivity contribution is 5.51. The van der Waals surface area contributed by atoms with Crippen LogP contribution in [0.5, 0.6) is 11.5 Å². The quantitative estimate of drug-likeness (QED) is 0.723. The number of aryl methyl sites for hydroxylation is 1. The predicted octanol–water partition coefficient (Wildman–Crippen LogP) is 3.52. The summed E-state index contributed by atoms with van der Waals surface area (Å²) in [4.78, 5) is 0. The van der Waals surface area contributed by atoms with Gasteiger partial charge in [-0.15, -0.1) is 0 Å². The summed E-state index contributed by atoms with van der Waals surface area (Å²) in [5.41, 5.74) is 3.74. The van der Waals surface area contributed by atoms with E-state index in [0.717, 1.165) is 17.9 Å². The maximum atomic E-state index is 5.43. The Morgan fingerprint density at radius 3 is 2.38 bits per heavy atom. The van der Waals surface area contributed by atoms with Gasteiger partial charge in [-0.25, -0.2) is 0 Å². The van der Waals surface area contributed by atoms with Gasteiger partial charge in [0.2, 0.25) is 0 Å². The molecule has 0 amide bonds. The van der Waals surface area contributed by atoms with Gasteiger partial charge in [-0.2, -0.15) is 0 Å². The third-order valence-electron chi connectivity index (χ3n) is 2.60. The van der Waals surface area contributed by atoms with Gasteiger partial charge in [-0.1, -0.05) is 17.7 Å². The van der Waals surface area contributed by atoms with Crippen LogP contribution in [-0.4, -0.2) is 14.2 Å². The lowest BCUT2D eigenvalue weighted by atomic mass is 10.0. The van der Waals surface area contributed by atoms with Gasteiger partial charge >= 0.3 is 0 Å². The first-order valence-corrected chi connectivity index (χ1v) is 5.44. The molecule has 0 spiro atoms. The minimum absolute atomic E-state index is 0.797. The van der Waals surface area contributed by atoms with Crippen LogP contribution in [0.3, 0.4) is 0 Å². The number of allylic oxidation sites excluding steroid dienone is 2. The largest absolute Gasteiger partial charge is 0.493 e. The van der Waals surface area contributed by atoms with E-state index in [1.807, 2.05) is 6.07 Å². The molecule has 0 aliphatic rings. The molecule has 88 valence electrons. The maximum Gasteiger partial charge on any atom is 0.164 e. The molecule has 1 aromatic carbocycles. The summed E-state index contributed by atoms with van der Waals surface area (Å²) >= 11 is 0. The molecule has 2 nitrogen and oxygen atoms in total. The van der Waals surface area contributed by atoms with Crippen molar-refractivity contribution in [3.63, 3.8) is 0 Å². The Morgan fingerprint density at radius 1 is 1.19 bits per heavy atom. The minimum Gasteiger partial charge on any atom is -0.493 e. The first-order chi connectivity index (χ1) is 7.60. The lowest BCUT2D eigenvalue weighted by Gasteiger charge is -2.14. The molecule has 0 bridgehead atoms. The molecule has 0 unspecified atom stereocenters. The van der Waals surface area contributed by atoms with Crippen LogP contribution in [0.1, 0.15) is 25.0 Å². The summed E-state index contributed by atoms with van der Waals surface area (Å²) in [6, 6.07) is 4.01. The molecule has 2 heteroatoms. The normalized spacial score (nSPS) is 9.81. The highest BCUT2D eigenvalue weighted by Gasteiger charge is 2.11. The molecule has 0 radical (unpaired) electrons. The van der Waals surface area contributed by atoms with Crippen molar-refractivity contribution in [2.75, 3.05) is 14.2 Å². The molecule has 1 aromatic rings. The molecule has 0 saturated heterocycles. The van der Waals surface area contributed by atoms with E-state index in [1.165, 1.54) is 16.7 Å². The molecule has 0 aliphatic heterocycles. The van der Waals surface area contributed by atoms with Crippen molar-refractivity contribution in [2.24, 2.45) is 0 Å². The highest BCUT2D eigenvalue weighted by Crippen LogP contribution is 2.33. The van der Waals surface area contributed by atoms with Crippen molar-refractivity contribution in [3.8, 4) is 11.5 Å². The number of methoxy groups -OCH3 is 2. The van der Waals surface area contributed by atoms with Gasteiger partial charge in [0.05, 0.1) is 14.2 Å². The summed E-state index contributed by atoms with van der Waals surface area (Å²) < 4.78 is 10.7. The van der Waals surface area contributed by atoms with Crippen LogP contribution >= 0.6 is 0 Å². The second kappa shape index (κ2) is 5.59. The van der Waals surface area contributed by atoms with E-state index in [4.69, 9.17) is 9.47 Å². The van der Waals surface area contributed by atoms with E-state index < -0.39 is 0 Å². The molecule has 0 atom stereocenters. The Hall–Kier alpha value is -1.44. The van der Waals surface area contributed by atoms with Gasteiger partial charge in [-0.3, -0.25) is 0 Å². The molecular formula is C14H20O2. The maximum absolute atomic E-state index is 5.43. The van der Waals surface area contributed by atoms with Crippen LogP contribution in [0.2, 0.25) is 0 Å². The Morgan fingerprint density at radius 2 is 1.88 bits per heavy atom. The van der Waals surface area contributed by atoms with Gasteiger partial charge in [-0.05, 0) is 38.8 Å². The number of ether oxygens (including phenoxy) is 2. The van der Waals surface area contributed by atoms with Crippen molar-refractivity contribution in [2.45, 2.75) is 27.2 Å². The van der Waals surface area contributed by atoms with Gasteiger partial charge in [0.1, 0.15) is 0 Å². The highest BCUT2D eigenvalue weighted by atomic mass is 16.5. The third-order valence-corrected chi connectivity index (χ3v) is 2.60. The first kappa shape index (κ1) is 12.6. The molecule has 0 saturated carbocycles. The van der Waals surface area contributed by atoms with E-state index in [0.29, 0.717) is 0 Å². The van der Waals surface area contributed by atoms with E-state index in [-0.39, 0.29) is 0 Å². The Bertz CT molecular complexity index is 388. The third kappa shape index (κ3) is 2.78. The summed E-state index contributed by atoms with van der Waals surface area (Å²) in [7, 11) is 3.35.